The van der Waals surface area contributed by atoms with E-state index in [0.717, 1.165) is 29.9 Å². The highest BCUT2D eigenvalue weighted by Gasteiger charge is 2.23. The van der Waals surface area contributed by atoms with Gasteiger partial charge in [-0.1, -0.05) is 0 Å². The van der Waals surface area contributed by atoms with Gasteiger partial charge < -0.3 is 20.1 Å². The van der Waals surface area contributed by atoms with Gasteiger partial charge in [0.05, 0.1) is 12.3 Å². The van der Waals surface area contributed by atoms with Crippen LogP contribution in [0.4, 0.5) is 20.2 Å². The van der Waals surface area contributed by atoms with Crippen molar-refractivity contribution in [2.75, 3.05) is 17.2 Å². The van der Waals surface area contributed by atoms with Gasteiger partial charge in [-0.05, 0) is 39.0 Å². The number of carbonyl (C=O) groups is 1. The van der Waals surface area contributed by atoms with Crippen molar-refractivity contribution in [1.82, 2.24) is 0 Å². The molecular formula is C20H22F2N2O3. The molecule has 0 saturated carbocycles. The molecule has 1 aliphatic rings. The maximum atomic E-state index is 13.3. The molecule has 2 aromatic rings. The molecule has 7 heteroatoms. The first-order valence-corrected chi connectivity index (χ1v) is 8.86. The number of anilines is 2. The second-order valence-corrected chi connectivity index (χ2v) is 6.51. The lowest BCUT2D eigenvalue weighted by Crippen LogP contribution is -2.32. The summed E-state index contributed by atoms with van der Waals surface area (Å²) in [5.41, 5.74) is 1.89. The number of hydrogen-bond acceptors (Lipinski definition) is 4. The van der Waals surface area contributed by atoms with Crippen LogP contribution in [0.5, 0.6) is 11.5 Å². The molecule has 2 N–H and O–H groups in total. The van der Waals surface area contributed by atoms with E-state index in [-0.39, 0.29) is 11.8 Å². The third kappa shape index (κ3) is 4.30. The Labute approximate surface area is 156 Å². The third-order valence-corrected chi connectivity index (χ3v) is 4.25. The van der Waals surface area contributed by atoms with E-state index >= 15 is 0 Å². The Hall–Kier alpha value is -2.83. The zero-order valence-corrected chi connectivity index (χ0v) is 15.4. The Bertz CT molecular complexity index is 857. The van der Waals surface area contributed by atoms with Gasteiger partial charge >= 0.3 is 0 Å². The van der Waals surface area contributed by atoms with Crippen LogP contribution in [-0.4, -0.2) is 24.7 Å². The van der Waals surface area contributed by atoms with Gasteiger partial charge in [0.25, 0.3) is 0 Å². The first kappa shape index (κ1) is 18.9. The van der Waals surface area contributed by atoms with Crippen LogP contribution < -0.4 is 20.1 Å². The van der Waals surface area contributed by atoms with Crippen molar-refractivity contribution >= 4 is 17.3 Å². The smallest absolute Gasteiger partial charge is 0.246 e. The highest BCUT2D eigenvalue weighted by molar-refractivity contribution is 5.96. The zero-order chi connectivity index (χ0) is 19.6. The summed E-state index contributed by atoms with van der Waals surface area (Å²) in [5.74, 6) is -0.967. The SMILES string of the molecule is CCOc1cc2c(cc1N[C@H](C)C(=O)Nc1ccc(F)c(F)c1)O[C@@H](C)C2. The average Bonchev–Trinajstić information content (AvgIpc) is 2.97. The summed E-state index contributed by atoms with van der Waals surface area (Å²) in [6, 6.07) is 6.31. The number of halogens is 2. The van der Waals surface area contributed by atoms with Crippen molar-refractivity contribution in [3.05, 3.63) is 47.5 Å². The van der Waals surface area contributed by atoms with E-state index < -0.39 is 23.6 Å². The van der Waals surface area contributed by atoms with E-state index in [4.69, 9.17) is 9.47 Å². The van der Waals surface area contributed by atoms with Gasteiger partial charge in [0.15, 0.2) is 11.6 Å². The molecule has 0 radical (unpaired) electrons. The minimum Gasteiger partial charge on any atom is -0.492 e. The monoisotopic (exact) mass is 376 g/mol. The molecule has 5 nitrogen and oxygen atoms in total. The fourth-order valence-corrected chi connectivity index (χ4v) is 2.95. The van der Waals surface area contributed by atoms with Gasteiger partial charge in [-0.2, -0.15) is 0 Å². The predicted molar refractivity (Wildman–Crippen MR) is 99.5 cm³/mol. The molecule has 1 heterocycles. The molecular weight excluding hydrogens is 354 g/mol. The number of amides is 1. The molecule has 0 aromatic heterocycles. The average molecular weight is 376 g/mol. The summed E-state index contributed by atoms with van der Waals surface area (Å²) in [7, 11) is 0. The number of nitrogens with one attached hydrogen (secondary N) is 2. The zero-order valence-electron chi connectivity index (χ0n) is 15.4. The van der Waals surface area contributed by atoms with Crippen molar-refractivity contribution in [1.29, 1.82) is 0 Å². The van der Waals surface area contributed by atoms with E-state index in [2.05, 4.69) is 10.6 Å². The molecule has 0 spiro atoms. The highest BCUT2D eigenvalue weighted by Crippen LogP contribution is 2.38. The molecule has 2 atom stereocenters. The standard InChI is InChI=1S/C20H22F2N2O3/c1-4-26-19-8-13-7-11(2)27-18(13)10-17(19)23-12(3)20(25)24-14-5-6-15(21)16(22)9-14/h5-6,8-12,23H,4,7H2,1-3H3,(H,24,25)/t11-,12+/m0/s1. The van der Waals surface area contributed by atoms with Gasteiger partial charge in [0, 0.05) is 29.8 Å². The van der Waals surface area contributed by atoms with E-state index in [1.54, 1.807) is 6.92 Å². The van der Waals surface area contributed by atoms with Crippen LogP contribution >= 0.6 is 0 Å². The summed E-state index contributed by atoms with van der Waals surface area (Å²) in [6.45, 7) is 6.03. The Kier molecular flexibility index (Phi) is 5.48. The molecule has 1 amide bonds. The topological polar surface area (TPSA) is 59.6 Å². The van der Waals surface area contributed by atoms with Crippen molar-refractivity contribution in [2.24, 2.45) is 0 Å². The summed E-state index contributed by atoms with van der Waals surface area (Å²) < 4.78 is 37.8. The van der Waals surface area contributed by atoms with Crippen molar-refractivity contribution < 1.29 is 23.0 Å². The van der Waals surface area contributed by atoms with E-state index in [9.17, 15) is 13.6 Å². The van der Waals surface area contributed by atoms with Gasteiger partial charge in [-0.25, -0.2) is 8.78 Å². The molecule has 0 fully saturated rings. The van der Waals surface area contributed by atoms with E-state index in [0.29, 0.717) is 18.0 Å². The van der Waals surface area contributed by atoms with E-state index in [1.165, 1.54) is 6.07 Å². The molecule has 144 valence electrons. The van der Waals surface area contributed by atoms with Crippen LogP contribution in [0.15, 0.2) is 30.3 Å². The van der Waals surface area contributed by atoms with Crippen LogP contribution in [0, 0.1) is 11.6 Å². The van der Waals surface area contributed by atoms with Gasteiger partial charge in [0.1, 0.15) is 23.6 Å². The maximum Gasteiger partial charge on any atom is 0.246 e. The quantitative estimate of drug-likeness (QED) is 0.796. The molecule has 0 unspecified atom stereocenters. The van der Waals surface area contributed by atoms with Crippen LogP contribution in [0.25, 0.3) is 0 Å². The van der Waals surface area contributed by atoms with Crippen molar-refractivity contribution in [3.8, 4) is 11.5 Å². The van der Waals surface area contributed by atoms with Crippen molar-refractivity contribution in [2.45, 2.75) is 39.3 Å². The Balaban J connectivity index is 1.74. The minimum absolute atomic E-state index is 0.0961. The summed E-state index contributed by atoms with van der Waals surface area (Å²) in [6.07, 6.45) is 0.904. The number of ether oxygens (including phenoxy) is 2. The predicted octanol–water partition coefficient (Wildman–Crippen LogP) is 4.13. The molecule has 0 aliphatic carbocycles. The number of fused-ring (bicyclic) bond motifs is 1. The summed E-state index contributed by atoms with van der Waals surface area (Å²) >= 11 is 0. The lowest BCUT2D eigenvalue weighted by atomic mass is 10.1. The number of carbonyl (C=O) groups excluding carboxylic acids is 1. The van der Waals surface area contributed by atoms with Gasteiger partial charge in [-0.3, -0.25) is 4.79 Å². The number of benzene rings is 2. The Morgan fingerprint density at radius 1 is 1.30 bits per heavy atom. The molecule has 27 heavy (non-hydrogen) atoms. The molecule has 1 aliphatic heterocycles. The third-order valence-electron chi connectivity index (χ3n) is 4.25. The Morgan fingerprint density at radius 2 is 2.07 bits per heavy atom. The number of rotatable bonds is 6. The lowest BCUT2D eigenvalue weighted by Gasteiger charge is -2.19. The molecule has 0 saturated heterocycles. The normalized spacial score (nSPS) is 16.3. The minimum atomic E-state index is -1.02. The molecule has 0 bridgehead atoms. The second kappa shape index (κ2) is 7.82. The van der Waals surface area contributed by atoms with Crippen molar-refractivity contribution in [3.63, 3.8) is 0 Å². The first-order valence-electron chi connectivity index (χ1n) is 8.86. The van der Waals surface area contributed by atoms with Gasteiger partial charge in [-0.15, -0.1) is 0 Å². The first-order chi connectivity index (χ1) is 12.9. The van der Waals surface area contributed by atoms with Crippen LogP contribution in [0.3, 0.4) is 0 Å². The second-order valence-electron chi connectivity index (χ2n) is 6.51. The maximum absolute atomic E-state index is 13.3. The fourth-order valence-electron chi connectivity index (χ4n) is 2.95. The number of hydrogen-bond donors (Lipinski definition) is 2. The van der Waals surface area contributed by atoms with Gasteiger partial charge in [0.2, 0.25) is 5.91 Å². The van der Waals surface area contributed by atoms with E-state index in [1.807, 2.05) is 26.0 Å². The van der Waals surface area contributed by atoms with Crippen LogP contribution in [0.2, 0.25) is 0 Å². The molecule has 3 rings (SSSR count). The fraction of sp³-hybridized carbons (Fsp3) is 0.350. The largest absolute Gasteiger partial charge is 0.492 e. The summed E-state index contributed by atoms with van der Waals surface area (Å²) in [5, 5.41) is 5.66. The van der Waals surface area contributed by atoms with Crippen LogP contribution in [0.1, 0.15) is 26.3 Å². The molecule has 2 aromatic carbocycles. The Morgan fingerprint density at radius 3 is 2.78 bits per heavy atom. The highest BCUT2D eigenvalue weighted by atomic mass is 19.2. The van der Waals surface area contributed by atoms with Crippen LogP contribution in [-0.2, 0) is 11.2 Å². The lowest BCUT2D eigenvalue weighted by molar-refractivity contribution is -0.116. The summed E-state index contributed by atoms with van der Waals surface area (Å²) in [4.78, 5) is 12.4.